The lowest BCUT2D eigenvalue weighted by molar-refractivity contribution is 0.102. The van der Waals surface area contributed by atoms with Crippen LogP contribution in [-0.4, -0.2) is 30.4 Å². The molecule has 134 valence electrons. The molecule has 3 heterocycles. The van der Waals surface area contributed by atoms with Crippen LogP contribution in [0.3, 0.4) is 0 Å². The van der Waals surface area contributed by atoms with Gasteiger partial charge < -0.3 is 5.32 Å². The van der Waals surface area contributed by atoms with Crippen LogP contribution in [0.4, 0.5) is 5.69 Å². The van der Waals surface area contributed by atoms with Gasteiger partial charge in [-0.15, -0.1) is 11.3 Å². The summed E-state index contributed by atoms with van der Waals surface area (Å²) >= 11 is 1.37. The lowest BCUT2D eigenvalue weighted by atomic mass is 10.2. The summed E-state index contributed by atoms with van der Waals surface area (Å²) in [5, 5.41) is 3.65. The lowest BCUT2D eigenvalue weighted by Crippen LogP contribution is -2.12. The van der Waals surface area contributed by atoms with Crippen LogP contribution in [0.2, 0.25) is 0 Å². The molecular weight excluding hydrogens is 360 g/mol. The Balaban J connectivity index is 1.53. The highest BCUT2D eigenvalue weighted by Crippen LogP contribution is 2.28. The number of rotatable bonds is 4. The Hall–Kier alpha value is -3.39. The number of carbonyl (C=O) groups is 1. The summed E-state index contributed by atoms with van der Waals surface area (Å²) < 4.78 is 1.77. The van der Waals surface area contributed by atoms with E-state index in [-0.39, 0.29) is 5.91 Å². The van der Waals surface area contributed by atoms with E-state index in [0.717, 1.165) is 16.4 Å². The molecule has 27 heavy (non-hydrogen) atoms. The molecule has 0 radical (unpaired) electrons. The van der Waals surface area contributed by atoms with Crippen molar-refractivity contribution in [1.29, 1.82) is 0 Å². The van der Waals surface area contributed by atoms with Gasteiger partial charge in [-0.25, -0.2) is 19.9 Å². The number of thiazole rings is 1. The number of hydrogen-bond donors (Lipinski definition) is 1. The van der Waals surface area contributed by atoms with Gasteiger partial charge in [0.05, 0.1) is 23.8 Å². The lowest BCUT2D eigenvalue weighted by Gasteiger charge is -2.06. The van der Waals surface area contributed by atoms with E-state index in [2.05, 4.69) is 25.3 Å². The van der Waals surface area contributed by atoms with Gasteiger partial charge in [-0.2, -0.15) is 0 Å². The van der Waals surface area contributed by atoms with E-state index in [0.29, 0.717) is 22.2 Å². The van der Waals surface area contributed by atoms with Gasteiger partial charge in [0, 0.05) is 18.0 Å². The first kappa shape index (κ1) is 17.0. The fraction of sp³-hybridized carbons (Fsp3) is 0.105. The minimum Gasteiger partial charge on any atom is -0.319 e. The number of carbonyl (C=O) groups excluding carboxylic acids is 1. The van der Waals surface area contributed by atoms with Crippen LogP contribution in [0.5, 0.6) is 0 Å². The Morgan fingerprint density at radius 1 is 1.07 bits per heavy atom. The third-order valence-electron chi connectivity index (χ3n) is 3.96. The third kappa shape index (κ3) is 3.47. The van der Waals surface area contributed by atoms with Crippen molar-refractivity contribution in [1.82, 2.24) is 24.5 Å². The second-order valence-corrected chi connectivity index (χ2v) is 6.87. The predicted octanol–water partition coefficient (Wildman–Crippen LogP) is 3.65. The van der Waals surface area contributed by atoms with Gasteiger partial charge in [0.25, 0.3) is 5.91 Å². The standard InChI is InChI=1S/C19H16N6OS/c1-12-16(27-18(23-12)14-6-4-3-5-7-14)17(26)24-15-10-21-19(22-11-15)25-9-8-20-13(25)2/h3-11H,1-2H3,(H,24,26). The number of hydrogen-bond acceptors (Lipinski definition) is 6. The molecule has 3 aromatic heterocycles. The second-order valence-electron chi connectivity index (χ2n) is 5.87. The molecule has 4 rings (SSSR count). The van der Waals surface area contributed by atoms with E-state index in [1.165, 1.54) is 11.3 Å². The minimum atomic E-state index is -0.220. The molecule has 0 saturated heterocycles. The summed E-state index contributed by atoms with van der Waals surface area (Å²) in [6.45, 7) is 3.70. The summed E-state index contributed by atoms with van der Waals surface area (Å²) in [6.07, 6.45) is 6.63. The topological polar surface area (TPSA) is 85.6 Å². The van der Waals surface area contributed by atoms with Gasteiger partial charge >= 0.3 is 0 Å². The van der Waals surface area contributed by atoms with E-state index in [1.54, 1.807) is 29.4 Å². The molecule has 8 heteroatoms. The molecule has 0 saturated carbocycles. The fourth-order valence-electron chi connectivity index (χ4n) is 2.60. The quantitative estimate of drug-likeness (QED) is 0.587. The van der Waals surface area contributed by atoms with Crippen LogP contribution < -0.4 is 5.32 Å². The molecule has 1 amide bonds. The zero-order valence-corrected chi connectivity index (χ0v) is 15.6. The Morgan fingerprint density at radius 2 is 1.81 bits per heavy atom. The zero-order chi connectivity index (χ0) is 18.8. The van der Waals surface area contributed by atoms with Crippen LogP contribution in [0.1, 0.15) is 21.2 Å². The highest BCUT2D eigenvalue weighted by atomic mass is 32.1. The van der Waals surface area contributed by atoms with Crippen LogP contribution in [0, 0.1) is 13.8 Å². The summed E-state index contributed by atoms with van der Waals surface area (Å²) in [4.78, 5) is 30.5. The average Bonchev–Trinajstić information content (AvgIpc) is 3.29. The molecule has 0 bridgehead atoms. The number of imidazole rings is 1. The number of anilines is 1. The van der Waals surface area contributed by atoms with Crippen LogP contribution in [-0.2, 0) is 0 Å². The Bertz CT molecular complexity index is 1090. The highest BCUT2D eigenvalue weighted by Gasteiger charge is 2.16. The number of nitrogens with one attached hydrogen (secondary N) is 1. The largest absolute Gasteiger partial charge is 0.319 e. The first-order chi connectivity index (χ1) is 13.1. The second kappa shape index (κ2) is 7.08. The monoisotopic (exact) mass is 376 g/mol. The van der Waals surface area contributed by atoms with Crippen LogP contribution >= 0.6 is 11.3 Å². The summed E-state index contributed by atoms with van der Waals surface area (Å²) in [5.74, 6) is 1.08. The smallest absolute Gasteiger partial charge is 0.267 e. The van der Waals surface area contributed by atoms with Crippen molar-refractivity contribution in [2.24, 2.45) is 0 Å². The molecule has 4 aromatic rings. The Morgan fingerprint density at radius 3 is 2.48 bits per heavy atom. The molecule has 0 aliphatic carbocycles. The summed E-state index contributed by atoms with van der Waals surface area (Å²) in [5.41, 5.74) is 2.21. The normalized spacial score (nSPS) is 10.7. The molecule has 0 spiro atoms. The van der Waals surface area contributed by atoms with Gasteiger partial charge in [-0.3, -0.25) is 9.36 Å². The van der Waals surface area contributed by atoms with Crippen molar-refractivity contribution in [2.45, 2.75) is 13.8 Å². The maximum atomic E-state index is 12.6. The van der Waals surface area contributed by atoms with E-state index in [4.69, 9.17) is 0 Å². The highest BCUT2D eigenvalue weighted by molar-refractivity contribution is 7.17. The van der Waals surface area contributed by atoms with Gasteiger partial charge in [0.15, 0.2) is 0 Å². The number of aryl methyl sites for hydroxylation is 2. The van der Waals surface area contributed by atoms with Crippen LogP contribution in [0.25, 0.3) is 16.5 Å². The van der Waals surface area contributed by atoms with Crippen molar-refractivity contribution < 1.29 is 4.79 Å². The maximum Gasteiger partial charge on any atom is 0.267 e. The van der Waals surface area contributed by atoms with Gasteiger partial charge in [-0.1, -0.05) is 30.3 Å². The van der Waals surface area contributed by atoms with Gasteiger partial charge in [0.2, 0.25) is 5.95 Å². The SMILES string of the molecule is Cc1nc(-c2ccccc2)sc1C(=O)Nc1cnc(-n2ccnc2C)nc1. The van der Waals surface area contributed by atoms with Gasteiger partial charge in [-0.05, 0) is 13.8 Å². The number of aromatic nitrogens is 5. The zero-order valence-electron chi connectivity index (χ0n) is 14.7. The number of benzene rings is 1. The van der Waals surface area contributed by atoms with Crippen molar-refractivity contribution in [2.75, 3.05) is 5.32 Å². The minimum absolute atomic E-state index is 0.220. The maximum absolute atomic E-state index is 12.6. The van der Waals surface area contributed by atoms with Crippen molar-refractivity contribution >= 4 is 22.9 Å². The third-order valence-corrected chi connectivity index (χ3v) is 5.17. The molecule has 0 aliphatic rings. The predicted molar refractivity (Wildman–Crippen MR) is 104 cm³/mol. The first-order valence-electron chi connectivity index (χ1n) is 8.28. The summed E-state index contributed by atoms with van der Waals surface area (Å²) in [6, 6.07) is 9.81. The first-order valence-corrected chi connectivity index (χ1v) is 9.10. The Labute approximate surface area is 159 Å². The molecule has 1 N–H and O–H groups in total. The molecule has 1 aromatic carbocycles. The molecular formula is C19H16N6OS. The summed E-state index contributed by atoms with van der Waals surface area (Å²) in [7, 11) is 0. The number of amides is 1. The van der Waals surface area contributed by atoms with E-state index in [1.807, 2.05) is 44.2 Å². The Kier molecular flexibility index (Phi) is 4.47. The molecule has 0 aliphatic heterocycles. The van der Waals surface area contributed by atoms with E-state index in [9.17, 15) is 4.79 Å². The van der Waals surface area contributed by atoms with Gasteiger partial charge in [0.1, 0.15) is 15.7 Å². The number of nitrogens with zero attached hydrogens (tertiary/aromatic N) is 5. The fourth-order valence-corrected chi connectivity index (χ4v) is 3.57. The van der Waals surface area contributed by atoms with Crippen molar-refractivity contribution in [3.05, 3.63) is 71.5 Å². The molecule has 7 nitrogen and oxygen atoms in total. The molecule has 0 atom stereocenters. The van der Waals surface area contributed by atoms with E-state index < -0.39 is 0 Å². The van der Waals surface area contributed by atoms with E-state index >= 15 is 0 Å². The van der Waals surface area contributed by atoms with Crippen LogP contribution in [0.15, 0.2) is 55.1 Å². The molecule has 0 fully saturated rings. The van der Waals surface area contributed by atoms with Crippen molar-refractivity contribution in [3.8, 4) is 16.5 Å². The average molecular weight is 376 g/mol. The van der Waals surface area contributed by atoms with Crippen molar-refractivity contribution in [3.63, 3.8) is 0 Å². The molecule has 0 unspecified atom stereocenters.